The molecule has 0 N–H and O–H groups in total. The van der Waals surface area contributed by atoms with E-state index in [0.29, 0.717) is 0 Å². The molecule has 2 heteroatoms. The lowest BCUT2D eigenvalue weighted by atomic mass is 9.92. The van der Waals surface area contributed by atoms with Crippen LogP contribution in [0.15, 0.2) is 229 Å². The van der Waals surface area contributed by atoms with Crippen LogP contribution in [0.2, 0.25) is 0 Å². The number of hydrogen-bond acceptors (Lipinski definition) is 2. The third-order valence-corrected chi connectivity index (χ3v) is 11.4. The zero-order valence-electron chi connectivity index (χ0n) is 31.7. The zero-order valence-corrected chi connectivity index (χ0v) is 31.7. The maximum absolute atomic E-state index is 6.91. The molecule has 0 aliphatic carbocycles. The van der Waals surface area contributed by atoms with Crippen molar-refractivity contribution >= 4 is 60.5 Å². The summed E-state index contributed by atoms with van der Waals surface area (Å²) >= 11 is 0. The Morgan fingerprint density at radius 2 is 0.897 bits per heavy atom. The van der Waals surface area contributed by atoms with Gasteiger partial charge < -0.3 is 9.32 Å². The average molecular weight is 740 g/mol. The van der Waals surface area contributed by atoms with Crippen molar-refractivity contribution in [2.45, 2.75) is 0 Å². The molecular formula is C56H37NO. The highest BCUT2D eigenvalue weighted by Crippen LogP contribution is 2.49. The van der Waals surface area contributed by atoms with Crippen LogP contribution in [-0.4, -0.2) is 0 Å². The summed E-state index contributed by atoms with van der Waals surface area (Å²) in [5.74, 6) is 0. The first-order valence-corrected chi connectivity index (χ1v) is 19.8. The third-order valence-electron chi connectivity index (χ3n) is 11.4. The molecule has 0 saturated carbocycles. The summed E-state index contributed by atoms with van der Waals surface area (Å²) in [6, 6.07) is 80.7. The van der Waals surface area contributed by atoms with Crippen LogP contribution >= 0.6 is 0 Å². The lowest BCUT2D eigenvalue weighted by Crippen LogP contribution is -2.12. The molecular weight excluding hydrogens is 703 g/mol. The lowest BCUT2D eigenvalue weighted by molar-refractivity contribution is 0.670. The molecule has 0 spiro atoms. The zero-order chi connectivity index (χ0) is 38.4. The van der Waals surface area contributed by atoms with E-state index < -0.39 is 0 Å². The maximum Gasteiger partial charge on any atom is 0.145 e. The first kappa shape index (κ1) is 33.6. The van der Waals surface area contributed by atoms with Gasteiger partial charge in [0.25, 0.3) is 0 Å². The van der Waals surface area contributed by atoms with E-state index >= 15 is 0 Å². The number of benzene rings is 10. The largest absolute Gasteiger partial charge is 0.455 e. The number of anilines is 3. The fourth-order valence-electron chi connectivity index (χ4n) is 8.67. The minimum atomic E-state index is 0.861. The Morgan fingerprint density at radius 1 is 0.310 bits per heavy atom. The van der Waals surface area contributed by atoms with Crippen molar-refractivity contribution in [3.8, 4) is 44.5 Å². The molecule has 2 nitrogen and oxygen atoms in total. The highest BCUT2D eigenvalue weighted by molar-refractivity contribution is 6.18. The SMILES string of the molecule is c1ccc(-c2ccccc2-c2ccccc2N(c2cccc(-c3ccc4ccccc4c3)c2)c2ccc(-c3ccc4ccccc4c3)c3oc4ccccc4c23)cc1. The second-order valence-corrected chi connectivity index (χ2v) is 14.9. The van der Waals surface area contributed by atoms with Crippen LogP contribution in [0.1, 0.15) is 0 Å². The second-order valence-electron chi connectivity index (χ2n) is 14.9. The Balaban J connectivity index is 1.19. The van der Waals surface area contributed by atoms with Crippen LogP contribution in [0.5, 0.6) is 0 Å². The van der Waals surface area contributed by atoms with E-state index in [1.54, 1.807) is 0 Å². The van der Waals surface area contributed by atoms with Gasteiger partial charge in [0, 0.05) is 22.2 Å². The average Bonchev–Trinajstić information content (AvgIpc) is 3.69. The summed E-state index contributed by atoms with van der Waals surface area (Å²) in [4.78, 5) is 2.44. The van der Waals surface area contributed by atoms with E-state index in [1.165, 1.54) is 43.8 Å². The van der Waals surface area contributed by atoms with Gasteiger partial charge in [-0.25, -0.2) is 0 Å². The van der Waals surface area contributed by atoms with Crippen molar-refractivity contribution in [1.29, 1.82) is 0 Å². The maximum atomic E-state index is 6.91. The van der Waals surface area contributed by atoms with Crippen molar-refractivity contribution in [2.75, 3.05) is 4.90 Å². The van der Waals surface area contributed by atoms with E-state index in [2.05, 4.69) is 229 Å². The molecule has 272 valence electrons. The predicted molar refractivity (Wildman–Crippen MR) is 245 cm³/mol. The first-order chi connectivity index (χ1) is 28.8. The molecule has 1 aromatic heterocycles. The monoisotopic (exact) mass is 739 g/mol. The smallest absolute Gasteiger partial charge is 0.145 e. The van der Waals surface area contributed by atoms with Crippen LogP contribution in [0.4, 0.5) is 17.1 Å². The van der Waals surface area contributed by atoms with Crippen molar-refractivity contribution in [1.82, 2.24) is 0 Å². The van der Waals surface area contributed by atoms with Gasteiger partial charge in [0.2, 0.25) is 0 Å². The minimum absolute atomic E-state index is 0.861. The molecule has 0 unspecified atom stereocenters. The molecule has 0 radical (unpaired) electrons. The van der Waals surface area contributed by atoms with Crippen LogP contribution in [0.25, 0.3) is 88.0 Å². The number of hydrogen-bond donors (Lipinski definition) is 0. The number of fused-ring (bicyclic) bond motifs is 5. The van der Waals surface area contributed by atoms with Gasteiger partial charge >= 0.3 is 0 Å². The van der Waals surface area contributed by atoms with E-state index in [1.807, 2.05) is 0 Å². The summed E-state index contributed by atoms with van der Waals surface area (Å²) in [6.45, 7) is 0. The Kier molecular flexibility index (Phi) is 8.19. The van der Waals surface area contributed by atoms with Crippen molar-refractivity contribution in [2.24, 2.45) is 0 Å². The van der Waals surface area contributed by atoms with E-state index in [9.17, 15) is 0 Å². The van der Waals surface area contributed by atoms with Crippen LogP contribution < -0.4 is 4.90 Å². The van der Waals surface area contributed by atoms with Gasteiger partial charge in [0.05, 0.1) is 16.8 Å². The van der Waals surface area contributed by atoms with Gasteiger partial charge in [0.15, 0.2) is 0 Å². The summed E-state index contributed by atoms with van der Waals surface area (Å²) in [5.41, 5.74) is 14.1. The number of furan rings is 1. The molecule has 0 fully saturated rings. The number of rotatable bonds is 7. The second kappa shape index (κ2) is 14.1. The lowest BCUT2D eigenvalue weighted by Gasteiger charge is -2.29. The van der Waals surface area contributed by atoms with E-state index in [0.717, 1.165) is 61.3 Å². The van der Waals surface area contributed by atoms with Gasteiger partial charge in [-0.15, -0.1) is 0 Å². The summed E-state index contributed by atoms with van der Waals surface area (Å²) < 4.78 is 6.91. The molecule has 11 rings (SSSR count). The molecule has 10 aromatic carbocycles. The molecule has 0 atom stereocenters. The summed E-state index contributed by atoms with van der Waals surface area (Å²) in [5, 5.41) is 7.02. The Morgan fingerprint density at radius 3 is 1.69 bits per heavy atom. The quantitative estimate of drug-likeness (QED) is 0.162. The Labute approximate surface area is 337 Å². The highest BCUT2D eigenvalue weighted by Gasteiger charge is 2.25. The number of nitrogens with zero attached hydrogens (tertiary/aromatic N) is 1. The van der Waals surface area contributed by atoms with Gasteiger partial charge in [-0.1, -0.05) is 176 Å². The Bertz CT molecular complexity index is 3300. The normalized spacial score (nSPS) is 11.4. The highest BCUT2D eigenvalue weighted by atomic mass is 16.3. The van der Waals surface area contributed by atoms with E-state index in [-0.39, 0.29) is 0 Å². The molecule has 0 amide bonds. The van der Waals surface area contributed by atoms with Crippen LogP contribution in [0.3, 0.4) is 0 Å². The topological polar surface area (TPSA) is 16.4 Å². The third kappa shape index (κ3) is 5.82. The summed E-state index contributed by atoms with van der Waals surface area (Å²) in [7, 11) is 0. The molecule has 0 aliphatic heterocycles. The summed E-state index contributed by atoms with van der Waals surface area (Å²) in [6.07, 6.45) is 0. The van der Waals surface area contributed by atoms with E-state index in [4.69, 9.17) is 4.42 Å². The minimum Gasteiger partial charge on any atom is -0.455 e. The molecule has 0 saturated heterocycles. The molecule has 58 heavy (non-hydrogen) atoms. The predicted octanol–water partition coefficient (Wildman–Crippen LogP) is 16.0. The van der Waals surface area contributed by atoms with Gasteiger partial charge in [-0.05, 0) is 103 Å². The molecule has 11 aromatic rings. The number of para-hydroxylation sites is 2. The van der Waals surface area contributed by atoms with Crippen LogP contribution in [-0.2, 0) is 0 Å². The molecule has 1 heterocycles. The molecule has 0 bridgehead atoms. The van der Waals surface area contributed by atoms with Crippen molar-refractivity contribution in [3.63, 3.8) is 0 Å². The fraction of sp³-hybridized carbons (Fsp3) is 0. The fourth-order valence-corrected chi connectivity index (χ4v) is 8.67. The first-order valence-electron chi connectivity index (χ1n) is 19.8. The van der Waals surface area contributed by atoms with Gasteiger partial charge in [-0.2, -0.15) is 0 Å². The van der Waals surface area contributed by atoms with Gasteiger partial charge in [0.1, 0.15) is 11.2 Å². The van der Waals surface area contributed by atoms with Crippen molar-refractivity contribution in [3.05, 3.63) is 224 Å². The molecule has 0 aliphatic rings. The van der Waals surface area contributed by atoms with Gasteiger partial charge in [-0.3, -0.25) is 0 Å². The van der Waals surface area contributed by atoms with Crippen LogP contribution in [0, 0.1) is 0 Å². The standard InChI is InChI=1S/C56H37NO/c1-2-17-40(18-3-1)47-23-8-9-24-49(47)50-25-10-12-27-52(50)57(46-22-14-21-43(37-46)44-31-29-38-15-4-6-19-41(38)35-44)53-34-33-48(45-32-30-39-16-5-7-20-42(39)36-45)56-55(53)51-26-11-13-28-54(51)58-56/h1-37H. The Hall–Kier alpha value is -7.68. The van der Waals surface area contributed by atoms with Crippen molar-refractivity contribution < 1.29 is 4.42 Å².